The highest BCUT2D eigenvalue weighted by molar-refractivity contribution is 5.53. The summed E-state index contributed by atoms with van der Waals surface area (Å²) >= 11 is 0. The van der Waals surface area contributed by atoms with Crippen LogP contribution < -0.4 is 19.5 Å². The van der Waals surface area contributed by atoms with Crippen LogP contribution >= 0.6 is 0 Å². The molecular formula is C15H23NO3. The number of rotatable bonds is 8. The average molecular weight is 265 g/mol. The molecule has 0 aromatic heterocycles. The number of likely N-dealkylation sites (N-methyl/N-ethyl adjacent to an activating group) is 1. The van der Waals surface area contributed by atoms with Crippen LogP contribution in [0.4, 0.5) is 0 Å². The van der Waals surface area contributed by atoms with E-state index in [4.69, 9.17) is 14.2 Å². The third kappa shape index (κ3) is 4.48. The van der Waals surface area contributed by atoms with Crippen molar-refractivity contribution in [1.29, 1.82) is 0 Å². The van der Waals surface area contributed by atoms with Gasteiger partial charge < -0.3 is 19.5 Å². The molecule has 0 radical (unpaired) electrons. The molecule has 19 heavy (non-hydrogen) atoms. The van der Waals surface area contributed by atoms with Crippen molar-refractivity contribution >= 4 is 0 Å². The highest BCUT2D eigenvalue weighted by Crippen LogP contribution is 2.38. The molecule has 0 bridgehead atoms. The van der Waals surface area contributed by atoms with Gasteiger partial charge in [-0.1, -0.05) is 13.5 Å². The topological polar surface area (TPSA) is 39.7 Å². The van der Waals surface area contributed by atoms with Gasteiger partial charge >= 0.3 is 0 Å². The number of ether oxygens (including phenoxy) is 3. The van der Waals surface area contributed by atoms with E-state index in [0.29, 0.717) is 23.9 Å². The molecule has 0 unspecified atom stereocenters. The van der Waals surface area contributed by atoms with E-state index in [1.54, 1.807) is 14.2 Å². The van der Waals surface area contributed by atoms with Gasteiger partial charge in [0.15, 0.2) is 11.5 Å². The predicted octanol–water partition coefficient (Wildman–Crippen LogP) is 2.56. The maximum atomic E-state index is 5.77. The number of nitrogens with one attached hydrogen (secondary N) is 1. The van der Waals surface area contributed by atoms with Crippen LogP contribution in [0.5, 0.6) is 17.2 Å². The first kappa shape index (κ1) is 15.4. The van der Waals surface area contributed by atoms with Crippen molar-refractivity contribution in [3.63, 3.8) is 0 Å². The summed E-state index contributed by atoms with van der Waals surface area (Å²) in [5.74, 6) is 1.97. The molecule has 0 aliphatic rings. The number of methoxy groups -OCH3 is 2. The third-order valence-corrected chi connectivity index (χ3v) is 2.65. The lowest BCUT2D eigenvalue weighted by Gasteiger charge is -2.16. The van der Waals surface area contributed by atoms with Crippen LogP contribution in [0, 0.1) is 6.92 Å². The van der Waals surface area contributed by atoms with Gasteiger partial charge in [-0.15, -0.1) is 0 Å². The van der Waals surface area contributed by atoms with Crippen molar-refractivity contribution in [2.45, 2.75) is 13.8 Å². The molecule has 0 amide bonds. The zero-order chi connectivity index (χ0) is 14.3. The molecule has 106 valence electrons. The second-order valence-electron chi connectivity index (χ2n) is 4.32. The standard InChI is InChI=1S/C15H23NO3/c1-6-16-9-12(3)10-19-15-13(17-4)7-11(2)8-14(15)18-5/h7-8,16H,3,6,9-10H2,1-2,4-5H3. The monoisotopic (exact) mass is 265 g/mol. The van der Waals surface area contributed by atoms with E-state index in [0.717, 1.165) is 24.2 Å². The molecular weight excluding hydrogens is 242 g/mol. The Hall–Kier alpha value is -1.68. The molecule has 0 aliphatic heterocycles. The molecule has 0 saturated carbocycles. The van der Waals surface area contributed by atoms with Crippen LogP contribution in [0.25, 0.3) is 0 Å². The first-order valence-electron chi connectivity index (χ1n) is 6.35. The fourth-order valence-corrected chi connectivity index (χ4v) is 1.68. The first-order chi connectivity index (χ1) is 9.12. The zero-order valence-corrected chi connectivity index (χ0v) is 12.2. The summed E-state index contributed by atoms with van der Waals surface area (Å²) in [5, 5.41) is 3.21. The van der Waals surface area contributed by atoms with Gasteiger partial charge in [0.05, 0.1) is 14.2 Å². The predicted molar refractivity (Wildman–Crippen MR) is 77.5 cm³/mol. The molecule has 0 fully saturated rings. The Morgan fingerprint density at radius 3 is 2.26 bits per heavy atom. The minimum Gasteiger partial charge on any atom is -0.493 e. The molecule has 0 aliphatic carbocycles. The van der Waals surface area contributed by atoms with Gasteiger partial charge in [0.1, 0.15) is 6.61 Å². The quantitative estimate of drug-likeness (QED) is 0.733. The van der Waals surface area contributed by atoms with Gasteiger partial charge in [0, 0.05) is 6.54 Å². The van der Waals surface area contributed by atoms with Gasteiger partial charge in [-0.2, -0.15) is 0 Å². The van der Waals surface area contributed by atoms with E-state index in [1.807, 2.05) is 19.1 Å². The summed E-state index contributed by atoms with van der Waals surface area (Å²) in [6, 6.07) is 3.84. The van der Waals surface area contributed by atoms with Gasteiger partial charge in [0.25, 0.3) is 0 Å². The lowest BCUT2D eigenvalue weighted by Crippen LogP contribution is -2.19. The second-order valence-corrected chi connectivity index (χ2v) is 4.32. The molecule has 0 heterocycles. The van der Waals surface area contributed by atoms with Crippen molar-refractivity contribution in [2.75, 3.05) is 33.9 Å². The Morgan fingerprint density at radius 1 is 1.21 bits per heavy atom. The number of aryl methyl sites for hydroxylation is 1. The Bertz CT molecular complexity index is 404. The van der Waals surface area contributed by atoms with Crippen LogP contribution in [0.2, 0.25) is 0 Å². The maximum Gasteiger partial charge on any atom is 0.203 e. The Balaban J connectivity index is 2.78. The molecule has 1 N–H and O–H groups in total. The summed E-state index contributed by atoms with van der Waals surface area (Å²) in [5.41, 5.74) is 2.04. The number of benzene rings is 1. The summed E-state index contributed by atoms with van der Waals surface area (Å²) in [6.45, 7) is 10.1. The van der Waals surface area contributed by atoms with Crippen molar-refractivity contribution in [2.24, 2.45) is 0 Å². The Morgan fingerprint density at radius 2 is 1.79 bits per heavy atom. The SMILES string of the molecule is C=C(CNCC)COc1c(OC)cc(C)cc1OC. The van der Waals surface area contributed by atoms with Crippen LogP contribution in [0.1, 0.15) is 12.5 Å². The van der Waals surface area contributed by atoms with Crippen molar-refractivity contribution < 1.29 is 14.2 Å². The molecule has 1 aromatic rings. The summed E-state index contributed by atoms with van der Waals surface area (Å²) in [7, 11) is 3.24. The summed E-state index contributed by atoms with van der Waals surface area (Å²) < 4.78 is 16.4. The molecule has 0 atom stereocenters. The normalized spacial score (nSPS) is 10.1. The van der Waals surface area contributed by atoms with E-state index < -0.39 is 0 Å². The van der Waals surface area contributed by atoms with Gasteiger partial charge in [-0.05, 0) is 36.7 Å². The van der Waals surface area contributed by atoms with Crippen LogP contribution in [-0.4, -0.2) is 33.9 Å². The van der Waals surface area contributed by atoms with Crippen molar-refractivity contribution in [3.8, 4) is 17.2 Å². The molecule has 1 aromatic carbocycles. The lowest BCUT2D eigenvalue weighted by molar-refractivity contribution is 0.293. The average Bonchev–Trinajstić information content (AvgIpc) is 2.42. The highest BCUT2D eigenvalue weighted by Gasteiger charge is 2.13. The summed E-state index contributed by atoms with van der Waals surface area (Å²) in [4.78, 5) is 0. The molecule has 0 spiro atoms. The highest BCUT2D eigenvalue weighted by atomic mass is 16.5. The van der Waals surface area contributed by atoms with Gasteiger partial charge in [-0.25, -0.2) is 0 Å². The smallest absolute Gasteiger partial charge is 0.203 e. The number of hydrogen-bond acceptors (Lipinski definition) is 4. The van der Waals surface area contributed by atoms with E-state index in [-0.39, 0.29) is 0 Å². The van der Waals surface area contributed by atoms with E-state index >= 15 is 0 Å². The Kier molecular flexibility index (Phi) is 6.22. The summed E-state index contributed by atoms with van der Waals surface area (Å²) in [6.07, 6.45) is 0. The van der Waals surface area contributed by atoms with E-state index in [9.17, 15) is 0 Å². The molecule has 4 nitrogen and oxygen atoms in total. The van der Waals surface area contributed by atoms with Crippen LogP contribution in [0.3, 0.4) is 0 Å². The van der Waals surface area contributed by atoms with Crippen LogP contribution in [-0.2, 0) is 0 Å². The lowest BCUT2D eigenvalue weighted by atomic mass is 10.2. The minimum absolute atomic E-state index is 0.433. The largest absolute Gasteiger partial charge is 0.493 e. The maximum absolute atomic E-state index is 5.77. The van der Waals surface area contributed by atoms with Gasteiger partial charge in [0.2, 0.25) is 5.75 Å². The second kappa shape index (κ2) is 7.69. The van der Waals surface area contributed by atoms with Crippen molar-refractivity contribution in [3.05, 3.63) is 29.8 Å². The minimum atomic E-state index is 0.433. The van der Waals surface area contributed by atoms with Gasteiger partial charge in [-0.3, -0.25) is 0 Å². The van der Waals surface area contributed by atoms with Crippen LogP contribution in [0.15, 0.2) is 24.3 Å². The molecule has 1 rings (SSSR count). The number of hydrogen-bond donors (Lipinski definition) is 1. The fraction of sp³-hybridized carbons (Fsp3) is 0.467. The van der Waals surface area contributed by atoms with Crippen molar-refractivity contribution in [1.82, 2.24) is 5.32 Å². The van der Waals surface area contributed by atoms with E-state index in [2.05, 4.69) is 18.8 Å². The third-order valence-electron chi connectivity index (χ3n) is 2.65. The molecule has 4 heteroatoms. The van der Waals surface area contributed by atoms with E-state index in [1.165, 1.54) is 0 Å². The fourth-order valence-electron chi connectivity index (χ4n) is 1.68. The zero-order valence-electron chi connectivity index (χ0n) is 12.2. The first-order valence-corrected chi connectivity index (χ1v) is 6.35. The molecule has 0 saturated heterocycles. The Labute approximate surface area is 115 Å².